The molecule has 0 fully saturated rings. The summed E-state index contributed by atoms with van der Waals surface area (Å²) in [5.41, 5.74) is 12.6. The molecule has 0 aliphatic carbocycles. The summed E-state index contributed by atoms with van der Waals surface area (Å²) in [6.45, 7) is 4.25. The molecule has 0 aliphatic heterocycles. The van der Waals surface area contributed by atoms with Crippen LogP contribution < -0.4 is 0 Å². The number of nitriles is 1. The zero-order chi connectivity index (χ0) is 32.4. The molecular weight excluding hydrogens is 585 g/mol. The maximum atomic E-state index is 11.1. The Bertz CT molecular complexity index is 2620. The number of fused-ring (bicyclic) bond motifs is 6. The first-order valence-electron chi connectivity index (χ1n) is 16.2. The second-order valence-corrected chi connectivity index (χ2v) is 12.5. The quantitative estimate of drug-likeness (QED) is 0.198. The van der Waals surface area contributed by atoms with Crippen molar-refractivity contribution in [3.8, 4) is 40.0 Å². The molecule has 0 saturated heterocycles. The first kappa shape index (κ1) is 27.8. The lowest BCUT2D eigenvalue weighted by Crippen LogP contribution is -2.05. The predicted octanol–water partition coefficient (Wildman–Crippen LogP) is 11.1. The molecule has 0 aliphatic rings. The summed E-state index contributed by atoms with van der Waals surface area (Å²) in [5.74, 6) is 0. The Hall–Kier alpha value is -6.44. The lowest BCUT2D eigenvalue weighted by molar-refractivity contribution is 1.11. The topological polar surface area (TPSA) is 46.5 Å². The van der Waals surface area contributed by atoms with Gasteiger partial charge in [-0.15, -0.1) is 0 Å². The molecule has 3 aromatic heterocycles. The smallest absolute Gasteiger partial charge is 0.104 e. The van der Waals surface area contributed by atoms with E-state index in [1.54, 1.807) is 0 Å². The van der Waals surface area contributed by atoms with Crippen molar-refractivity contribution in [2.75, 3.05) is 0 Å². The zero-order valence-corrected chi connectivity index (χ0v) is 26.6. The molecule has 6 aromatic carbocycles. The highest BCUT2D eigenvalue weighted by Crippen LogP contribution is 2.40. The summed E-state index contributed by atoms with van der Waals surface area (Å²) in [6.07, 6.45) is 0. The normalized spacial score (nSPS) is 11.5. The fourth-order valence-corrected chi connectivity index (χ4v) is 7.28. The van der Waals surface area contributed by atoms with Gasteiger partial charge in [-0.2, -0.15) is 5.26 Å². The number of hydrogen-bond donors (Lipinski definition) is 0. The number of rotatable bonds is 4. The van der Waals surface area contributed by atoms with E-state index in [1.165, 1.54) is 11.1 Å². The standard InChI is InChI=1S/C44H30N4/c1-28-19-21-41-34(23-28)32-13-6-8-17-39(32)47(41)43-25-31(38-16-10-15-37(46-38)30-11-4-3-5-12-30)26-44(36(43)27-45)48-40-18-9-7-14-33(40)35-24-29(2)20-22-42(35)48/h3-26H,1-2H3. The molecule has 0 radical (unpaired) electrons. The molecule has 48 heavy (non-hydrogen) atoms. The number of pyridine rings is 1. The van der Waals surface area contributed by atoms with E-state index in [9.17, 15) is 5.26 Å². The fourth-order valence-electron chi connectivity index (χ4n) is 7.28. The lowest BCUT2D eigenvalue weighted by atomic mass is 10.0. The van der Waals surface area contributed by atoms with E-state index in [0.717, 1.165) is 77.5 Å². The van der Waals surface area contributed by atoms with Crippen molar-refractivity contribution in [2.24, 2.45) is 0 Å². The van der Waals surface area contributed by atoms with Crippen molar-refractivity contribution >= 4 is 43.6 Å². The van der Waals surface area contributed by atoms with Gasteiger partial charge in [0.2, 0.25) is 0 Å². The second-order valence-electron chi connectivity index (χ2n) is 12.5. The van der Waals surface area contributed by atoms with E-state index < -0.39 is 0 Å². The maximum absolute atomic E-state index is 11.1. The minimum absolute atomic E-state index is 0.601. The van der Waals surface area contributed by atoms with Crippen LogP contribution in [0.5, 0.6) is 0 Å². The van der Waals surface area contributed by atoms with Crippen molar-refractivity contribution in [1.82, 2.24) is 14.1 Å². The van der Waals surface area contributed by atoms with Crippen molar-refractivity contribution in [1.29, 1.82) is 5.26 Å². The maximum Gasteiger partial charge on any atom is 0.104 e. The van der Waals surface area contributed by atoms with Gasteiger partial charge in [-0.3, -0.25) is 0 Å². The Labute approximate surface area is 278 Å². The van der Waals surface area contributed by atoms with Crippen LogP contribution in [0.25, 0.3) is 77.5 Å². The molecule has 0 atom stereocenters. The van der Waals surface area contributed by atoms with Crippen molar-refractivity contribution in [3.63, 3.8) is 0 Å². The molecule has 226 valence electrons. The molecule has 9 rings (SSSR count). The van der Waals surface area contributed by atoms with Gasteiger partial charge < -0.3 is 9.13 Å². The van der Waals surface area contributed by atoms with Crippen LogP contribution in [0.4, 0.5) is 0 Å². The fraction of sp³-hybridized carbons (Fsp3) is 0.0455. The first-order chi connectivity index (χ1) is 23.6. The summed E-state index contributed by atoms with van der Waals surface area (Å²) in [5, 5.41) is 15.8. The number of benzene rings is 6. The lowest BCUT2D eigenvalue weighted by Gasteiger charge is -2.18. The molecule has 4 heteroatoms. The van der Waals surface area contributed by atoms with Crippen molar-refractivity contribution < 1.29 is 0 Å². The molecule has 4 nitrogen and oxygen atoms in total. The van der Waals surface area contributed by atoms with Gasteiger partial charge in [0, 0.05) is 32.7 Å². The first-order valence-corrected chi connectivity index (χ1v) is 16.2. The van der Waals surface area contributed by atoms with Crippen LogP contribution in [0.1, 0.15) is 16.7 Å². The molecule has 0 N–H and O–H groups in total. The number of para-hydroxylation sites is 2. The molecule has 0 saturated carbocycles. The molecule has 0 unspecified atom stereocenters. The predicted molar refractivity (Wildman–Crippen MR) is 198 cm³/mol. The highest BCUT2D eigenvalue weighted by Gasteiger charge is 2.23. The van der Waals surface area contributed by atoms with Crippen LogP contribution in [0, 0.1) is 25.2 Å². The van der Waals surface area contributed by atoms with Gasteiger partial charge in [-0.1, -0.05) is 96.1 Å². The number of aromatic nitrogens is 3. The Kier molecular flexibility index (Phi) is 6.28. The number of hydrogen-bond acceptors (Lipinski definition) is 2. The molecule has 3 heterocycles. The average molecular weight is 615 g/mol. The minimum Gasteiger partial charge on any atom is -0.308 e. The average Bonchev–Trinajstić information content (AvgIpc) is 3.63. The van der Waals surface area contributed by atoms with Crippen LogP contribution in [0.15, 0.2) is 146 Å². The number of aryl methyl sites for hydroxylation is 2. The van der Waals surface area contributed by atoms with Crippen LogP contribution in [0.3, 0.4) is 0 Å². The molecule has 0 spiro atoms. The summed E-state index contributed by atoms with van der Waals surface area (Å²) < 4.78 is 4.52. The van der Waals surface area contributed by atoms with E-state index in [0.29, 0.717) is 5.56 Å². The largest absolute Gasteiger partial charge is 0.308 e. The third kappa shape index (κ3) is 4.26. The summed E-state index contributed by atoms with van der Waals surface area (Å²) >= 11 is 0. The summed E-state index contributed by atoms with van der Waals surface area (Å²) in [4.78, 5) is 5.18. The third-order valence-electron chi connectivity index (χ3n) is 9.46. The van der Waals surface area contributed by atoms with Gasteiger partial charge in [-0.25, -0.2) is 4.98 Å². The Morgan fingerprint density at radius 3 is 1.48 bits per heavy atom. The monoisotopic (exact) mass is 614 g/mol. The molecular formula is C44H30N4. The van der Waals surface area contributed by atoms with Crippen molar-refractivity contribution in [2.45, 2.75) is 13.8 Å². The summed E-state index contributed by atoms with van der Waals surface area (Å²) in [6, 6.07) is 53.5. The Morgan fingerprint density at radius 2 is 0.938 bits per heavy atom. The Morgan fingerprint density at radius 1 is 0.458 bits per heavy atom. The van der Waals surface area contributed by atoms with E-state index in [-0.39, 0.29) is 0 Å². The SMILES string of the molecule is Cc1ccc2c(c1)c1ccccc1n2-c1cc(-c2cccc(-c3ccccc3)n2)cc(-n2c3ccccc3c3cc(C)ccc32)c1C#N. The zero-order valence-electron chi connectivity index (χ0n) is 26.6. The van der Waals surface area contributed by atoms with E-state index in [4.69, 9.17) is 4.98 Å². The van der Waals surface area contributed by atoms with Crippen LogP contribution in [-0.4, -0.2) is 14.1 Å². The van der Waals surface area contributed by atoms with Gasteiger partial charge in [0.15, 0.2) is 0 Å². The second kappa shape index (κ2) is 10.8. The minimum atomic E-state index is 0.601. The van der Waals surface area contributed by atoms with Crippen LogP contribution >= 0.6 is 0 Å². The number of nitrogens with zero attached hydrogens (tertiary/aromatic N) is 4. The third-order valence-corrected chi connectivity index (χ3v) is 9.46. The van der Waals surface area contributed by atoms with E-state index in [2.05, 4.69) is 156 Å². The Balaban J connectivity index is 1.43. The highest BCUT2D eigenvalue weighted by molar-refractivity contribution is 6.11. The van der Waals surface area contributed by atoms with E-state index >= 15 is 0 Å². The van der Waals surface area contributed by atoms with Gasteiger partial charge in [0.25, 0.3) is 0 Å². The molecule has 0 amide bonds. The van der Waals surface area contributed by atoms with E-state index in [1.807, 2.05) is 18.2 Å². The molecule has 0 bridgehead atoms. The van der Waals surface area contributed by atoms with Gasteiger partial charge in [0.05, 0.1) is 44.8 Å². The molecule has 9 aromatic rings. The van der Waals surface area contributed by atoms with Crippen molar-refractivity contribution in [3.05, 3.63) is 162 Å². The highest BCUT2D eigenvalue weighted by atomic mass is 15.0. The summed E-state index contributed by atoms with van der Waals surface area (Å²) in [7, 11) is 0. The van der Waals surface area contributed by atoms with Gasteiger partial charge in [0.1, 0.15) is 11.6 Å². The van der Waals surface area contributed by atoms with Crippen LogP contribution in [-0.2, 0) is 0 Å². The van der Waals surface area contributed by atoms with Gasteiger partial charge in [-0.05, 0) is 74.5 Å². The van der Waals surface area contributed by atoms with Gasteiger partial charge >= 0.3 is 0 Å². The van der Waals surface area contributed by atoms with Crippen LogP contribution in [0.2, 0.25) is 0 Å².